The summed E-state index contributed by atoms with van der Waals surface area (Å²) in [6.45, 7) is 5.57. The fraction of sp³-hybridized carbons (Fsp3) is 0.143. The number of aromatic amines is 1. The lowest BCUT2D eigenvalue weighted by Gasteiger charge is -2.08. The molecule has 0 unspecified atom stereocenters. The minimum atomic E-state index is -0.245. The third-order valence-electron chi connectivity index (χ3n) is 4.63. The molecule has 2 aromatic carbocycles. The van der Waals surface area contributed by atoms with E-state index in [2.05, 4.69) is 20.3 Å². The first-order valence-electron chi connectivity index (χ1n) is 8.61. The summed E-state index contributed by atoms with van der Waals surface area (Å²) in [6, 6.07) is 12.5. The molecule has 2 heterocycles. The van der Waals surface area contributed by atoms with Crippen molar-refractivity contribution in [3.05, 3.63) is 75.3 Å². The van der Waals surface area contributed by atoms with E-state index in [9.17, 15) is 9.59 Å². The summed E-state index contributed by atoms with van der Waals surface area (Å²) in [5.74, 6) is -0.245. The predicted octanol–water partition coefficient (Wildman–Crippen LogP) is 3.65. The Bertz CT molecular complexity index is 1270. The van der Waals surface area contributed by atoms with Gasteiger partial charge in [-0.1, -0.05) is 6.07 Å². The van der Waals surface area contributed by atoms with Crippen molar-refractivity contribution >= 4 is 33.5 Å². The fourth-order valence-corrected chi connectivity index (χ4v) is 2.96. The van der Waals surface area contributed by atoms with E-state index in [0.29, 0.717) is 27.8 Å². The van der Waals surface area contributed by atoms with Crippen LogP contribution in [-0.2, 0) is 0 Å². The van der Waals surface area contributed by atoms with Gasteiger partial charge >= 0.3 is 0 Å². The molecular weight excluding hydrogens is 340 g/mol. The third-order valence-corrected chi connectivity index (χ3v) is 4.63. The van der Waals surface area contributed by atoms with Gasteiger partial charge in [0.05, 0.1) is 27.9 Å². The Hall–Kier alpha value is -3.54. The monoisotopic (exact) mass is 358 g/mol. The Labute approximate surface area is 155 Å². The second kappa shape index (κ2) is 6.32. The highest BCUT2D eigenvalue weighted by Crippen LogP contribution is 2.19. The molecule has 0 fully saturated rings. The molecule has 0 aliphatic heterocycles. The number of carbonyl (C=O) groups excluding carboxylic acids is 1. The van der Waals surface area contributed by atoms with Crippen LogP contribution in [0.15, 0.2) is 47.3 Å². The Morgan fingerprint density at radius 1 is 0.926 bits per heavy atom. The van der Waals surface area contributed by atoms with Gasteiger partial charge in [0.15, 0.2) is 0 Å². The standard InChI is InChI=1S/C21H18N4O2/c1-11-8-14-4-6-16(10-18(14)25-20(11)26)24-21(27)15-5-7-17-19(9-15)23-13(3)12(2)22-17/h4-10H,1-3H3,(H,24,27)(H,25,26). The molecular formula is C21H18N4O2. The van der Waals surface area contributed by atoms with Crippen molar-refractivity contribution in [2.75, 3.05) is 5.32 Å². The number of anilines is 1. The summed E-state index contributed by atoms with van der Waals surface area (Å²) in [6.07, 6.45) is 0. The van der Waals surface area contributed by atoms with Gasteiger partial charge < -0.3 is 10.3 Å². The van der Waals surface area contributed by atoms with Crippen LogP contribution in [0.1, 0.15) is 27.3 Å². The largest absolute Gasteiger partial charge is 0.322 e. The van der Waals surface area contributed by atoms with E-state index in [1.807, 2.05) is 32.0 Å². The molecule has 6 heteroatoms. The maximum atomic E-state index is 12.6. The van der Waals surface area contributed by atoms with Crippen LogP contribution in [0.3, 0.4) is 0 Å². The van der Waals surface area contributed by atoms with Crippen molar-refractivity contribution in [3.63, 3.8) is 0 Å². The van der Waals surface area contributed by atoms with Crippen molar-refractivity contribution in [1.82, 2.24) is 15.0 Å². The van der Waals surface area contributed by atoms with Gasteiger partial charge in [-0.25, -0.2) is 9.97 Å². The predicted molar refractivity (Wildman–Crippen MR) is 106 cm³/mol. The van der Waals surface area contributed by atoms with E-state index in [1.165, 1.54) is 0 Å². The van der Waals surface area contributed by atoms with Gasteiger partial charge in [-0.15, -0.1) is 0 Å². The average molecular weight is 358 g/mol. The van der Waals surface area contributed by atoms with Gasteiger partial charge in [0.1, 0.15) is 0 Å². The summed E-state index contributed by atoms with van der Waals surface area (Å²) in [5, 5.41) is 3.78. The third kappa shape index (κ3) is 3.17. The van der Waals surface area contributed by atoms with Gasteiger partial charge in [-0.05, 0) is 62.6 Å². The normalized spacial score (nSPS) is 11.1. The Balaban J connectivity index is 1.66. The molecule has 0 aliphatic rings. The fourth-order valence-electron chi connectivity index (χ4n) is 2.96. The van der Waals surface area contributed by atoms with E-state index in [4.69, 9.17) is 0 Å². The highest BCUT2D eigenvalue weighted by molar-refractivity contribution is 6.06. The van der Waals surface area contributed by atoms with Crippen LogP contribution in [0.4, 0.5) is 5.69 Å². The topological polar surface area (TPSA) is 87.7 Å². The summed E-state index contributed by atoms with van der Waals surface area (Å²) < 4.78 is 0. The number of carbonyl (C=O) groups is 1. The molecule has 4 aromatic rings. The minimum Gasteiger partial charge on any atom is -0.322 e. The van der Waals surface area contributed by atoms with Gasteiger partial charge in [-0.2, -0.15) is 0 Å². The molecule has 0 saturated carbocycles. The molecule has 2 aromatic heterocycles. The summed E-state index contributed by atoms with van der Waals surface area (Å²) >= 11 is 0. The summed E-state index contributed by atoms with van der Waals surface area (Å²) in [7, 11) is 0. The van der Waals surface area contributed by atoms with Crippen LogP contribution in [0.25, 0.3) is 21.9 Å². The van der Waals surface area contributed by atoms with Crippen LogP contribution in [-0.4, -0.2) is 20.9 Å². The number of hydrogen-bond acceptors (Lipinski definition) is 4. The van der Waals surface area contributed by atoms with Gasteiger partial charge in [0.2, 0.25) is 0 Å². The average Bonchev–Trinajstić information content (AvgIpc) is 2.63. The number of pyridine rings is 1. The first-order chi connectivity index (χ1) is 12.9. The molecule has 0 bridgehead atoms. The number of rotatable bonds is 2. The zero-order valence-electron chi connectivity index (χ0n) is 15.3. The Morgan fingerprint density at radius 3 is 2.44 bits per heavy atom. The lowest BCUT2D eigenvalue weighted by atomic mass is 10.1. The second-order valence-corrected chi connectivity index (χ2v) is 6.64. The first kappa shape index (κ1) is 16.9. The molecule has 1 amide bonds. The number of aromatic nitrogens is 3. The summed E-state index contributed by atoms with van der Waals surface area (Å²) in [5.41, 5.74) is 5.47. The lowest BCUT2D eigenvalue weighted by Crippen LogP contribution is -2.13. The zero-order valence-corrected chi connectivity index (χ0v) is 15.3. The van der Waals surface area contributed by atoms with Gasteiger partial charge in [0.25, 0.3) is 11.5 Å². The van der Waals surface area contributed by atoms with Crippen molar-refractivity contribution in [2.45, 2.75) is 20.8 Å². The molecule has 4 rings (SSSR count). The molecule has 2 N–H and O–H groups in total. The summed E-state index contributed by atoms with van der Waals surface area (Å²) in [4.78, 5) is 36.2. The number of aryl methyl sites for hydroxylation is 3. The van der Waals surface area contributed by atoms with E-state index in [1.54, 1.807) is 31.2 Å². The smallest absolute Gasteiger partial charge is 0.255 e. The SMILES string of the molecule is Cc1nc2ccc(C(=O)Nc3ccc4cc(C)c(=O)[nH]c4c3)cc2nc1C. The minimum absolute atomic E-state index is 0.134. The van der Waals surface area contributed by atoms with Gasteiger partial charge in [0, 0.05) is 16.8 Å². The molecule has 0 saturated heterocycles. The van der Waals surface area contributed by atoms with Crippen molar-refractivity contribution < 1.29 is 4.79 Å². The van der Waals surface area contributed by atoms with Crippen LogP contribution in [0, 0.1) is 20.8 Å². The Morgan fingerprint density at radius 2 is 1.67 bits per heavy atom. The lowest BCUT2D eigenvalue weighted by molar-refractivity contribution is 0.102. The van der Waals surface area contributed by atoms with Crippen molar-refractivity contribution in [2.24, 2.45) is 0 Å². The van der Waals surface area contributed by atoms with Crippen LogP contribution >= 0.6 is 0 Å². The number of hydrogen-bond donors (Lipinski definition) is 2. The molecule has 0 radical (unpaired) electrons. The van der Waals surface area contributed by atoms with Crippen molar-refractivity contribution in [1.29, 1.82) is 0 Å². The number of nitrogens with zero attached hydrogens (tertiary/aromatic N) is 2. The van der Waals surface area contributed by atoms with Crippen LogP contribution in [0.5, 0.6) is 0 Å². The highest BCUT2D eigenvalue weighted by atomic mass is 16.1. The van der Waals surface area contributed by atoms with Gasteiger partial charge in [-0.3, -0.25) is 9.59 Å². The van der Waals surface area contributed by atoms with Crippen molar-refractivity contribution in [3.8, 4) is 0 Å². The first-order valence-corrected chi connectivity index (χ1v) is 8.61. The number of benzene rings is 2. The maximum Gasteiger partial charge on any atom is 0.255 e. The number of nitrogens with one attached hydrogen (secondary N) is 2. The molecule has 0 spiro atoms. The second-order valence-electron chi connectivity index (χ2n) is 6.64. The number of H-pyrrole nitrogens is 1. The quantitative estimate of drug-likeness (QED) is 0.572. The van der Waals surface area contributed by atoms with E-state index >= 15 is 0 Å². The van der Waals surface area contributed by atoms with Crippen LogP contribution < -0.4 is 10.9 Å². The van der Waals surface area contributed by atoms with Crippen LogP contribution in [0.2, 0.25) is 0 Å². The number of amides is 1. The molecule has 0 aliphatic carbocycles. The Kier molecular flexibility index (Phi) is 3.96. The zero-order chi connectivity index (χ0) is 19.1. The number of fused-ring (bicyclic) bond motifs is 2. The maximum absolute atomic E-state index is 12.6. The van der Waals surface area contributed by atoms with E-state index in [-0.39, 0.29) is 11.5 Å². The van der Waals surface area contributed by atoms with E-state index in [0.717, 1.165) is 22.3 Å². The molecule has 134 valence electrons. The molecule has 6 nitrogen and oxygen atoms in total. The molecule has 27 heavy (non-hydrogen) atoms. The molecule has 0 atom stereocenters. The van der Waals surface area contributed by atoms with E-state index < -0.39 is 0 Å². The highest BCUT2D eigenvalue weighted by Gasteiger charge is 2.10.